The molecule has 0 heterocycles. The Hall–Kier alpha value is 0.179. The topological polar surface area (TPSA) is 43.4 Å². The summed E-state index contributed by atoms with van der Waals surface area (Å²) in [6.07, 6.45) is 0. The minimum atomic E-state index is -0.562. The van der Waals surface area contributed by atoms with Crippen LogP contribution in [0.3, 0.4) is 0 Å². The van der Waals surface area contributed by atoms with Gasteiger partial charge in [-0.15, -0.1) is 0 Å². The summed E-state index contributed by atoms with van der Waals surface area (Å²) >= 11 is 0. The molecule has 3 nitrogen and oxygen atoms in total. The van der Waals surface area contributed by atoms with Gasteiger partial charge in [0, 0.05) is 48.0 Å². The van der Waals surface area contributed by atoms with Crippen LogP contribution in [0.5, 0.6) is 0 Å². The van der Waals surface area contributed by atoms with Crippen molar-refractivity contribution in [3.05, 3.63) is 0 Å². The molecular weight excluding hydrogens is 223 g/mol. The van der Waals surface area contributed by atoms with Crippen molar-refractivity contribution in [2.24, 2.45) is 0 Å². The van der Waals surface area contributed by atoms with Crippen molar-refractivity contribution in [1.29, 1.82) is 0 Å². The van der Waals surface area contributed by atoms with E-state index >= 15 is 0 Å². The molecule has 0 aliphatic heterocycles. The Kier molecular flexibility index (Phi) is 14.6. The minimum Gasteiger partial charge on any atom is -0.394 e. The summed E-state index contributed by atoms with van der Waals surface area (Å²) in [5, 5.41) is 0. The van der Waals surface area contributed by atoms with Gasteiger partial charge in [-0.25, -0.2) is 0 Å². The van der Waals surface area contributed by atoms with Gasteiger partial charge < -0.3 is 4.74 Å². The Labute approximate surface area is 74.5 Å². The predicted molar refractivity (Wildman–Crippen MR) is 22.4 cm³/mol. The molecule has 0 N–H and O–H groups in total. The third-order valence-electron chi connectivity index (χ3n) is 0.287. The molecule has 9 heavy (non-hydrogen) atoms. The number of hydrogen-bond acceptors (Lipinski definition) is 3. The Balaban J connectivity index is -0.000000180. The van der Waals surface area contributed by atoms with Gasteiger partial charge in [-0.1, -0.05) is 0 Å². The minimum absolute atomic E-state index is 0. The van der Waals surface area contributed by atoms with E-state index in [-0.39, 0.29) is 34.1 Å². The molecule has 0 aromatic carbocycles. The monoisotopic (exact) mass is 228 g/mol. The van der Waals surface area contributed by atoms with Crippen LogP contribution in [0.4, 0.5) is 0 Å². The summed E-state index contributed by atoms with van der Waals surface area (Å²) in [6, 6.07) is 0. The molecule has 62 valence electrons. The molecule has 5 heteroatoms. The molecule has 0 aliphatic carbocycles. The standard InChI is InChI=1S/C4H6O3.2Cu/c1-3(5)7-4(2)6;;/h1-2H3;;. The normalized spacial score (nSPS) is 6.00. The Morgan fingerprint density at radius 2 is 1.22 bits per heavy atom. The van der Waals surface area contributed by atoms with E-state index in [9.17, 15) is 9.59 Å². The van der Waals surface area contributed by atoms with E-state index in [1.54, 1.807) is 0 Å². The number of esters is 2. The third kappa shape index (κ3) is 17.9. The second-order valence-electron chi connectivity index (χ2n) is 1.09. The fraction of sp³-hybridized carbons (Fsp3) is 0.500. The first-order valence-corrected chi connectivity index (χ1v) is 1.82. The molecule has 0 fully saturated rings. The molecule has 0 aliphatic rings. The van der Waals surface area contributed by atoms with Crippen LogP contribution < -0.4 is 0 Å². The average molecular weight is 229 g/mol. The predicted octanol–water partition coefficient (Wildman–Crippen LogP) is 0.0910. The van der Waals surface area contributed by atoms with Crippen molar-refractivity contribution >= 4 is 11.9 Å². The molecule has 0 unspecified atom stereocenters. The molecule has 0 amide bonds. The Morgan fingerprint density at radius 1 is 1.00 bits per heavy atom. The maximum atomic E-state index is 9.81. The van der Waals surface area contributed by atoms with Crippen LogP contribution in [0.2, 0.25) is 0 Å². The summed E-state index contributed by atoms with van der Waals surface area (Å²) < 4.78 is 3.97. The van der Waals surface area contributed by atoms with Gasteiger partial charge in [0.25, 0.3) is 0 Å². The average Bonchev–Trinajstić information content (AvgIpc) is 1.27. The van der Waals surface area contributed by atoms with Crippen molar-refractivity contribution in [3.63, 3.8) is 0 Å². The molecule has 0 aromatic heterocycles. The van der Waals surface area contributed by atoms with E-state index in [4.69, 9.17) is 0 Å². The van der Waals surface area contributed by atoms with Gasteiger partial charge in [-0.05, 0) is 0 Å². The fourth-order valence-corrected chi connectivity index (χ4v) is 0.202. The first-order valence-electron chi connectivity index (χ1n) is 1.82. The van der Waals surface area contributed by atoms with E-state index in [1.807, 2.05) is 0 Å². The maximum absolute atomic E-state index is 9.81. The Morgan fingerprint density at radius 3 is 1.22 bits per heavy atom. The van der Waals surface area contributed by atoms with E-state index in [0.717, 1.165) is 0 Å². The van der Waals surface area contributed by atoms with E-state index in [0.29, 0.717) is 0 Å². The van der Waals surface area contributed by atoms with E-state index < -0.39 is 11.9 Å². The summed E-state index contributed by atoms with van der Waals surface area (Å²) in [5.41, 5.74) is 0. The van der Waals surface area contributed by atoms with Crippen LogP contribution in [-0.2, 0) is 48.5 Å². The molecule has 0 saturated heterocycles. The third-order valence-corrected chi connectivity index (χ3v) is 0.287. The number of carbonyl (C=O) groups is 2. The first-order chi connectivity index (χ1) is 3.13. The number of ether oxygens (including phenoxy) is 1. The summed E-state index contributed by atoms with van der Waals surface area (Å²) in [7, 11) is 0. The van der Waals surface area contributed by atoms with Gasteiger partial charge >= 0.3 is 11.9 Å². The molecule has 0 atom stereocenters. The molecule has 0 rings (SSSR count). The second kappa shape index (κ2) is 8.18. The van der Waals surface area contributed by atoms with Crippen molar-refractivity contribution in [3.8, 4) is 0 Å². The zero-order chi connectivity index (χ0) is 5.86. The van der Waals surface area contributed by atoms with Gasteiger partial charge in [0.15, 0.2) is 0 Å². The van der Waals surface area contributed by atoms with E-state index in [1.165, 1.54) is 13.8 Å². The molecule has 0 aromatic rings. The smallest absolute Gasteiger partial charge is 0.310 e. The van der Waals surface area contributed by atoms with Gasteiger partial charge in [0.1, 0.15) is 0 Å². The van der Waals surface area contributed by atoms with Crippen LogP contribution in [-0.4, -0.2) is 11.9 Å². The number of carbonyl (C=O) groups excluding carboxylic acids is 2. The van der Waals surface area contributed by atoms with Gasteiger partial charge in [-0.2, -0.15) is 0 Å². The zero-order valence-electron chi connectivity index (χ0n) is 4.83. The van der Waals surface area contributed by atoms with Crippen molar-refractivity contribution in [2.75, 3.05) is 0 Å². The molecule has 2 radical (unpaired) electrons. The quantitative estimate of drug-likeness (QED) is 0.336. The molecule has 0 spiro atoms. The van der Waals surface area contributed by atoms with Gasteiger partial charge in [0.05, 0.1) is 0 Å². The number of hydrogen-bond donors (Lipinski definition) is 0. The van der Waals surface area contributed by atoms with Gasteiger partial charge in [-0.3, -0.25) is 9.59 Å². The molecular formula is C4H6Cu2O3. The van der Waals surface area contributed by atoms with Crippen LogP contribution in [0.25, 0.3) is 0 Å². The molecule has 0 bridgehead atoms. The SMILES string of the molecule is CC(=O)OC(C)=O.[Cu].[Cu]. The van der Waals surface area contributed by atoms with Crippen LogP contribution in [0, 0.1) is 0 Å². The number of rotatable bonds is 0. The summed E-state index contributed by atoms with van der Waals surface area (Å²) in [5.74, 6) is -1.12. The summed E-state index contributed by atoms with van der Waals surface area (Å²) in [4.78, 5) is 19.6. The fourth-order valence-electron chi connectivity index (χ4n) is 0.202. The zero-order valence-corrected chi connectivity index (χ0v) is 6.71. The molecule has 0 saturated carbocycles. The Bertz CT molecular complexity index is 90.0. The maximum Gasteiger partial charge on any atom is 0.310 e. The van der Waals surface area contributed by atoms with Crippen molar-refractivity contribution < 1.29 is 48.5 Å². The van der Waals surface area contributed by atoms with Crippen LogP contribution in [0.15, 0.2) is 0 Å². The van der Waals surface area contributed by atoms with Crippen LogP contribution >= 0.6 is 0 Å². The van der Waals surface area contributed by atoms with Gasteiger partial charge in [0.2, 0.25) is 0 Å². The second-order valence-corrected chi connectivity index (χ2v) is 1.09. The largest absolute Gasteiger partial charge is 0.394 e. The first kappa shape index (κ1) is 16.1. The van der Waals surface area contributed by atoms with E-state index in [2.05, 4.69) is 4.74 Å². The van der Waals surface area contributed by atoms with Crippen molar-refractivity contribution in [1.82, 2.24) is 0 Å². The van der Waals surface area contributed by atoms with Crippen molar-refractivity contribution in [2.45, 2.75) is 13.8 Å². The van der Waals surface area contributed by atoms with Crippen LogP contribution in [0.1, 0.15) is 13.8 Å². The summed E-state index contributed by atoms with van der Waals surface area (Å²) in [6.45, 7) is 2.36.